The summed E-state index contributed by atoms with van der Waals surface area (Å²) in [7, 11) is 2.45. The van der Waals surface area contributed by atoms with Gasteiger partial charge in [0, 0.05) is 30.7 Å². The molecule has 2 aromatic rings. The Bertz CT molecular complexity index is 1850. The normalized spacial score (nSPS) is 30.1. The summed E-state index contributed by atoms with van der Waals surface area (Å²) in [5, 5.41) is 34.6. The van der Waals surface area contributed by atoms with Crippen molar-refractivity contribution in [2.45, 2.75) is 50.4 Å². The standard InChI is InChI=1S/C32H28O13/c1-10-6-14(35)19-23-17(10)25(37)24-28(44-12(3)33)31(23,9-43-29(19)39)27-26(38)20-15(8-16(36)41-4)45-30(40)18-13(34)7-11(2)22(21(18)20)32(24,27)42-5/h6-7,15,24,27-28,34-35,38H,8-9H2,1-5H3/t15-,24+,27-,28+,31+,32-/m1/s1. The van der Waals surface area contributed by atoms with E-state index in [-0.39, 0.29) is 39.0 Å². The Labute approximate surface area is 255 Å². The van der Waals surface area contributed by atoms with E-state index in [2.05, 4.69) is 0 Å². The van der Waals surface area contributed by atoms with Crippen molar-refractivity contribution in [2.24, 2.45) is 11.8 Å². The molecule has 1 fully saturated rings. The minimum Gasteiger partial charge on any atom is -0.511 e. The van der Waals surface area contributed by atoms with E-state index in [1.165, 1.54) is 19.2 Å². The molecule has 2 aliphatic heterocycles. The molecule has 0 amide bonds. The highest BCUT2D eigenvalue weighted by Crippen LogP contribution is 2.72. The van der Waals surface area contributed by atoms with E-state index in [0.29, 0.717) is 11.1 Å². The van der Waals surface area contributed by atoms with E-state index in [1.54, 1.807) is 13.8 Å². The van der Waals surface area contributed by atoms with Crippen LogP contribution in [0.5, 0.6) is 11.5 Å². The number of fused-ring (bicyclic) bond motifs is 4. The number of carbonyl (C=O) groups is 5. The zero-order valence-corrected chi connectivity index (χ0v) is 24.8. The number of ether oxygens (including phenoxy) is 5. The SMILES string of the molecule is COC(=O)C[C@H]1OC(=O)c2c(O)cc(C)c3c2C1=C(O)[C@@H]1[C@]24COC(=O)c5c(O)cc(C)c(c52)C(=O)[C@@H]([C@@H]4OC(C)=O)[C@]31OC. The van der Waals surface area contributed by atoms with Crippen LogP contribution in [0, 0.1) is 25.7 Å². The van der Waals surface area contributed by atoms with Crippen LogP contribution >= 0.6 is 0 Å². The zero-order chi connectivity index (χ0) is 32.5. The van der Waals surface area contributed by atoms with Crippen LogP contribution < -0.4 is 0 Å². The first kappa shape index (κ1) is 28.8. The lowest BCUT2D eigenvalue weighted by molar-refractivity contribution is -0.154. The quantitative estimate of drug-likeness (QED) is 0.334. The Balaban J connectivity index is 1.69. The van der Waals surface area contributed by atoms with E-state index < -0.39 is 95.0 Å². The topological polar surface area (TPSA) is 192 Å². The van der Waals surface area contributed by atoms with E-state index in [0.717, 1.165) is 14.0 Å². The van der Waals surface area contributed by atoms with Crippen LogP contribution in [0.3, 0.4) is 0 Å². The number of aromatic hydroxyl groups is 2. The van der Waals surface area contributed by atoms with Gasteiger partial charge >= 0.3 is 23.9 Å². The number of ketones is 1. The third-order valence-corrected chi connectivity index (χ3v) is 10.1. The molecule has 0 unspecified atom stereocenters. The van der Waals surface area contributed by atoms with Crippen LogP contribution in [0.2, 0.25) is 0 Å². The molecule has 7 rings (SSSR count). The molecule has 0 radical (unpaired) electrons. The average molecular weight is 621 g/mol. The highest BCUT2D eigenvalue weighted by atomic mass is 16.6. The van der Waals surface area contributed by atoms with Gasteiger partial charge in [-0.15, -0.1) is 0 Å². The summed E-state index contributed by atoms with van der Waals surface area (Å²) in [6, 6.07) is 2.57. The first-order valence-electron chi connectivity index (χ1n) is 14.2. The van der Waals surface area contributed by atoms with Crippen molar-refractivity contribution in [3.05, 3.63) is 62.4 Å². The van der Waals surface area contributed by atoms with Crippen LogP contribution in [-0.4, -0.2) is 78.0 Å². The van der Waals surface area contributed by atoms with Crippen LogP contribution in [0.15, 0.2) is 17.9 Å². The number of aliphatic hydroxyl groups is 1. The number of hydrogen-bond donors (Lipinski definition) is 3. The number of carbonyl (C=O) groups excluding carboxylic acids is 5. The number of hydrogen-bond acceptors (Lipinski definition) is 13. The number of Topliss-reactive ketones (excluding diaryl/α,β-unsaturated/α-hetero) is 1. The summed E-state index contributed by atoms with van der Waals surface area (Å²) < 4.78 is 28.4. The van der Waals surface area contributed by atoms with Gasteiger partial charge in [0.2, 0.25) is 0 Å². The molecule has 1 spiro atoms. The molecule has 6 atom stereocenters. The summed E-state index contributed by atoms with van der Waals surface area (Å²) in [6.07, 6.45) is -3.32. The van der Waals surface area contributed by atoms with Gasteiger partial charge in [-0.3, -0.25) is 14.4 Å². The Kier molecular flexibility index (Phi) is 5.81. The van der Waals surface area contributed by atoms with Crippen LogP contribution in [-0.2, 0) is 44.3 Å². The summed E-state index contributed by atoms with van der Waals surface area (Å²) in [5.41, 5.74) is -3.23. The number of methoxy groups -OCH3 is 2. The maximum atomic E-state index is 14.8. The second-order valence-corrected chi connectivity index (χ2v) is 12.1. The molecule has 13 heteroatoms. The Morgan fingerprint density at radius 3 is 2.24 bits per heavy atom. The first-order chi connectivity index (χ1) is 21.3. The molecule has 2 bridgehead atoms. The van der Waals surface area contributed by atoms with Gasteiger partial charge < -0.3 is 39.0 Å². The second kappa shape index (κ2) is 9.07. The number of rotatable bonds is 4. The summed E-state index contributed by atoms with van der Waals surface area (Å²) in [5.74, 6) is -8.22. The molecule has 45 heavy (non-hydrogen) atoms. The van der Waals surface area contributed by atoms with Crippen molar-refractivity contribution in [3.8, 4) is 11.5 Å². The number of phenols is 2. The van der Waals surface area contributed by atoms with Gasteiger partial charge in [-0.05, 0) is 48.2 Å². The monoisotopic (exact) mass is 620 g/mol. The molecule has 2 heterocycles. The zero-order valence-electron chi connectivity index (χ0n) is 24.8. The van der Waals surface area contributed by atoms with Crippen molar-refractivity contribution in [3.63, 3.8) is 0 Å². The lowest BCUT2D eigenvalue weighted by Crippen LogP contribution is -2.56. The van der Waals surface area contributed by atoms with Crippen molar-refractivity contribution >= 4 is 35.2 Å². The van der Waals surface area contributed by atoms with Gasteiger partial charge in [0.15, 0.2) is 5.78 Å². The summed E-state index contributed by atoms with van der Waals surface area (Å²) in [6.45, 7) is 3.85. The summed E-state index contributed by atoms with van der Waals surface area (Å²) in [4.78, 5) is 66.7. The fourth-order valence-corrected chi connectivity index (χ4v) is 8.77. The van der Waals surface area contributed by atoms with Crippen LogP contribution in [0.25, 0.3) is 5.57 Å². The highest BCUT2D eigenvalue weighted by molar-refractivity contribution is 6.11. The number of cyclic esters (lactones) is 2. The second-order valence-electron chi connectivity index (χ2n) is 12.1. The number of phenolic OH excluding ortho intramolecular Hbond substituents is 2. The Morgan fingerprint density at radius 2 is 1.60 bits per heavy atom. The third kappa shape index (κ3) is 3.18. The molecule has 13 nitrogen and oxygen atoms in total. The maximum absolute atomic E-state index is 14.8. The smallest absolute Gasteiger partial charge is 0.343 e. The van der Waals surface area contributed by atoms with Crippen LogP contribution in [0.1, 0.15) is 72.2 Å². The maximum Gasteiger partial charge on any atom is 0.343 e. The van der Waals surface area contributed by atoms with Crippen molar-refractivity contribution in [2.75, 3.05) is 20.8 Å². The third-order valence-electron chi connectivity index (χ3n) is 10.1. The van der Waals surface area contributed by atoms with Crippen molar-refractivity contribution in [1.82, 2.24) is 0 Å². The van der Waals surface area contributed by atoms with Gasteiger partial charge in [0.05, 0.1) is 30.8 Å². The molecule has 5 aliphatic rings. The summed E-state index contributed by atoms with van der Waals surface area (Å²) >= 11 is 0. The lowest BCUT2D eigenvalue weighted by Gasteiger charge is -2.49. The van der Waals surface area contributed by atoms with Crippen LogP contribution in [0.4, 0.5) is 0 Å². The molecule has 0 saturated heterocycles. The number of benzene rings is 2. The molecule has 3 aliphatic carbocycles. The van der Waals surface area contributed by atoms with E-state index in [4.69, 9.17) is 23.7 Å². The largest absolute Gasteiger partial charge is 0.511 e. The molecule has 234 valence electrons. The number of esters is 4. The molecule has 0 aromatic heterocycles. The fraction of sp³-hybridized carbons (Fsp3) is 0.406. The average Bonchev–Trinajstić information content (AvgIpc) is 3.14. The highest BCUT2D eigenvalue weighted by Gasteiger charge is 2.80. The predicted octanol–water partition coefficient (Wildman–Crippen LogP) is 2.42. The lowest BCUT2D eigenvalue weighted by atomic mass is 9.59. The fourth-order valence-electron chi connectivity index (χ4n) is 8.77. The van der Waals surface area contributed by atoms with Gasteiger partial charge in [-0.1, -0.05) is 0 Å². The Hall–Kier alpha value is -4.91. The molecular weight excluding hydrogens is 592 g/mol. The molecular formula is C32H28O13. The predicted molar refractivity (Wildman–Crippen MR) is 149 cm³/mol. The minimum absolute atomic E-state index is 0.0169. The number of aliphatic hydroxyl groups excluding tert-OH is 1. The van der Waals surface area contributed by atoms with E-state index >= 15 is 0 Å². The van der Waals surface area contributed by atoms with Gasteiger partial charge in [-0.25, -0.2) is 9.59 Å². The molecule has 1 saturated carbocycles. The van der Waals surface area contributed by atoms with Crippen molar-refractivity contribution < 1.29 is 63.0 Å². The molecule has 3 N–H and O–H groups in total. The van der Waals surface area contributed by atoms with Gasteiger partial charge in [0.1, 0.15) is 52.8 Å². The van der Waals surface area contributed by atoms with Crippen molar-refractivity contribution in [1.29, 1.82) is 0 Å². The first-order valence-corrected chi connectivity index (χ1v) is 14.2. The molecule has 2 aromatic carbocycles. The minimum atomic E-state index is -1.89. The van der Waals surface area contributed by atoms with Gasteiger partial charge in [0.25, 0.3) is 0 Å². The number of aryl methyl sites for hydroxylation is 2. The van der Waals surface area contributed by atoms with E-state index in [1.807, 2.05) is 0 Å². The van der Waals surface area contributed by atoms with E-state index in [9.17, 15) is 39.3 Å². The van der Waals surface area contributed by atoms with Gasteiger partial charge in [-0.2, -0.15) is 0 Å². The Morgan fingerprint density at radius 1 is 0.933 bits per heavy atom.